The van der Waals surface area contributed by atoms with Crippen LogP contribution in [0.15, 0.2) is 60.8 Å². The van der Waals surface area contributed by atoms with Crippen molar-refractivity contribution in [1.82, 2.24) is 0 Å². The summed E-state index contributed by atoms with van der Waals surface area (Å²) in [6.45, 7) is 4.24. The molecule has 0 aromatic rings. The smallest absolute Gasteiger partial charge is 0.306 e. The van der Waals surface area contributed by atoms with Crippen molar-refractivity contribution in [3.8, 4) is 0 Å². The maximum absolute atomic E-state index is 12.8. The molecule has 0 spiro atoms. The Morgan fingerprint density at radius 3 is 1.03 bits per heavy atom. The zero-order valence-corrected chi connectivity index (χ0v) is 53.5. The van der Waals surface area contributed by atoms with Crippen LogP contribution in [0.1, 0.15) is 316 Å². The van der Waals surface area contributed by atoms with Gasteiger partial charge in [-0.3, -0.25) is 14.2 Å². The lowest BCUT2D eigenvalue weighted by atomic mass is 10.0. The van der Waals surface area contributed by atoms with Crippen molar-refractivity contribution < 1.29 is 42.1 Å². The van der Waals surface area contributed by atoms with Gasteiger partial charge >= 0.3 is 11.9 Å². The van der Waals surface area contributed by atoms with Crippen LogP contribution in [0.3, 0.4) is 0 Å². The van der Waals surface area contributed by atoms with E-state index < -0.39 is 26.5 Å². The van der Waals surface area contributed by atoms with Gasteiger partial charge in [-0.25, -0.2) is 0 Å². The van der Waals surface area contributed by atoms with Crippen LogP contribution >= 0.6 is 7.82 Å². The maximum Gasteiger partial charge on any atom is 0.306 e. The highest BCUT2D eigenvalue weighted by Crippen LogP contribution is 2.38. The second kappa shape index (κ2) is 60.3. The first-order valence-electron chi connectivity index (χ1n) is 33.5. The Balaban J connectivity index is 3.97. The fraction of sp³-hybridized carbons (Fsp3) is 0.826. The van der Waals surface area contributed by atoms with Crippen molar-refractivity contribution in [2.45, 2.75) is 322 Å². The molecule has 0 bridgehead atoms. The summed E-state index contributed by atoms with van der Waals surface area (Å²) >= 11 is 0. The van der Waals surface area contributed by atoms with E-state index in [1.165, 1.54) is 218 Å². The SMILES string of the molecule is CCCCCC/C=C\C/C=C\CCCCCCCCCC(=O)OCC(COP(=O)([O-])OCC[N+](C)(C)C)OC(=O)CCCCCCCCCCCCCCCCCCCCCCCC/C=C\C/C=C\C/C=C\CCCCCCC. The van der Waals surface area contributed by atoms with E-state index in [-0.39, 0.29) is 32.0 Å². The number of likely N-dealkylation sites (N-methyl/N-ethyl adjacent to an activating group) is 1. The van der Waals surface area contributed by atoms with E-state index in [2.05, 4.69) is 74.6 Å². The van der Waals surface area contributed by atoms with Crippen LogP contribution in [0.25, 0.3) is 0 Å². The monoisotopic (exact) mass is 1130 g/mol. The number of phosphoric acid groups is 1. The van der Waals surface area contributed by atoms with Crippen LogP contribution < -0.4 is 4.89 Å². The number of nitrogens with zero attached hydrogens (tertiary/aromatic N) is 1. The van der Waals surface area contributed by atoms with Gasteiger partial charge in [-0.1, -0.05) is 280 Å². The highest BCUT2D eigenvalue weighted by molar-refractivity contribution is 7.45. The zero-order chi connectivity index (χ0) is 57.7. The minimum atomic E-state index is -4.64. The molecule has 0 amide bonds. The highest BCUT2D eigenvalue weighted by atomic mass is 31.2. The highest BCUT2D eigenvalue weighted by Gasteiger charge is 2.22. The quantitative estimate of drug-likeness (QED) is 0.0195. The fourth-order valence-corrected chi connectivity index (χ4v) is 10.3. The van der Waals surface area contributed by atoms with Crippen LogP contribution in [0.4, 0.5) is 0 Å². The standard InChI is InChI=1S/C69H128NO8P/c1-6-8-10-12-14-16-18-20-22-24-26-27-28-29-30-31-32-33-34-35-36-37-38-39-40-41-42-43-44-46-48-50-52-54-56-58-60-62-69(72)78-67(66-77-79(73,74)76-64-63-70(3,4)5)65-75-68(71)61-59-57-55-53-51-49-47-45-25-23-21-19-17-15-13-11-9-7-2/h17-20,23-26,28-29,67H,6-16,21-22,27,30-66H2,1-5H3/b19-17-,20-18-,25-23-,26-24-,29-28-. The molecule has 2 unspecified atom stereocenters. The molecule has 0 rings (SSSR count). The van der Waals surface area contributed by atoms with Crippen LogP contribution in [0, 0.1) is 0 Å². The van der Waals surface area contributed by atoms with Crippen LogP contribution in [0.5, 0.6) is 0 Å². The topological polar surface area (TPSA) is 111 Å². The van der Waals surface area contributed by atoms with Gasteiger partial charge < -0.3 is 27.9 Å². The van der Waals surface area contributed by atoms with Gasteiger partial charge in [0.25, 0.3) is 7.82 Å². The second-order valence-electron chi connectivity index (χ2n) is 23.8. The summed E-state index contributed by atoms with van der Waals surface area (Å²) in [6, 6.07) is 0. The molecule has 10 heteroatoms. The molecule has 0 radical (unpaired) electrons. The summed E-state index contributed by atoms with van der Waals surface area (Å²) in [4.78, 5) is 37.9. The van der Waals surface area contributed by atoms with Crippen LogP contribution in [-0.4, -0.2) is 70.0 Å². The van der Waals surface area contributed by atoms with Crippen molar-refractivity contribution in [2.24, 2.45) is 0 Å². The third-order valence-corrected chi connectivity index (χ3v) is 15.7. The Morgan fingerprint density at radius 1 is 0.392 bits per heavy atom. The predicted molar refractivity (Wildman–Crippen MR) is 337 cm³/mol. The van der Waals surface area contributed by atoms with E-state index in [1.54, 1.807) is 0 Å². The number of phosphoric ester groups is 1. The number of rotatable bonds is 62. The molecular weight excluding hydrogens is 1000 g/mol. The van der Waals surface area contributed by atoms with Gasteiger partial charge in [0, 0.05) is 12.8 Å². The third kappa shape index (κ3) is 64.7. The summed E-state index contributed by atoms with van der Waals surface area (Å²) in [6.07, 6.45) is 78.7. The number of carbonyl (C=O) groups is 2. The van der Waals surface area contributed by atoms with E-state index in [4.69, 9.17) is 18.5 Å². The largest absolute Gasteiger partial charge is 0.756 e. The fourth-order valence-electron chi connectivity index (χ4n) is 9.58. The second-order valence-corrected chi connectivity index (χ2v) is 25.2. The van der Waals surface area contributed by atoms with Crippen LogP contribution in [0.2, 0.25) is 0 Å². The summed E-state index contributed by atoms with van der Waals surface area (Å²) in [5.74, 6) is -0.830. The molecule has 462 valence electrons. The lowest BCUT2D eigenvalue weighted by molar-refractivity contribution is -0.870. The molecule has 0 aromatic carbocycles. The number of unbranched alkanes of at least 4 members (excludes halogenated alkanes) is 38. The first-order chi connectivity index (χ1) is 38.5. The van der Waals surface area contributed by atoms with Gasteiger partial charge in [0.05, 0.1) is 27.7 Å². The van der Waals surface area contributed by atoms with Gasteiger partial charge in [-0.05, 0) is 83.5 Å². The van der Waals surface area contributed by atoms with Crippen molar-refractivity contribution in [1.29, 1.82) is 0 Å². The molecule has 9 nitrogen and oxygen atoms in total. The van der Waals surface area contributed by atoms with Gasteiger partial charge in [-0.2, -0.15) is 0 Å². The molecule has 0 aliphatic carbocycles. The molecule has 79 heavy (non-hydrogen) atoms. The number of carbonyl (C=O) groups excluding carboxylic acids is 2. The number of hydrogen-bond donors (Lipinski definition) is 0. The Morgan fingerprint density at radius 2 is 0.684 bits per heavy atom. The molecular formula is C69H128NO8P. The molecule has 0 saturated carbocycles. The Hall–Kier alpha value is -2.29. The molecule has 0 saturated heterocycles. The van der Waals surface area contributed by atoms with Crippen LogP contribution in [-0.2, 0) is 32.7 Å². The molecule has 0 heterocycles. The number of hydrogen-bond acceptors (Lipinski definition) is 8. The number of allylic oxidation sites excluding steroid dienone is 10. The molecule has 0 N–H and O–H groups in total. The van der Waals surface area contributed by atoms with E-state index in [1.807, 2.05) is 21.1 Å². The normalized spacial score (nSPS) is 13.5. The molecule has 0 fully saturated rings. The third-order valence-electron chi connectivity index (χ3n) is 14.8. The minimum Gasteiger partial charge on any atom is -0.756 e. The average molecular weight is 1130 g/mol. The molecule has 0 aliphatic rings. The van der Waals surface area contributed by atoms with Gasteiger partial charge in [0.2, 0.25) is 0 Å². The average Bonchev–Trinajstić information content (AvgIpc) is 3.41. The Kier molecular flexibility index (Phi) is 58.6. The summed E-state index contributed by atoms with van der Waals surface area (Å²) in [5.41, 5.74) is 0. The first kappa shape index (κ1) is 76.7. The Labute approximate surface area is 489 Å². The van der Waals surface area contributed by atoms with Crippen molar-refractivity contribution in [2.75, 3.05) is 47.5 Å². The molecule has 0 aliphatic heterocycles. The van der Waals surface area contributed by atoms with E-state index in [0.29, 0.717) is 17.4 Å². The van der Waals surface area contributed by atoms with E-state index in [0.717, 1.165) is 64.2 Å². The minimum absolute atomic E-state index is 0.0318. The number of ether oxygens (including phenoxy) is 2. The summed E-state index contributed by atoms with van der Waals surface area (Å²) in [5, 5.41) is 0. The van der Waals surface area contributed by atoms with Crippen molar-refractivity contribution in [3.63, 3.8) is 0 Å². The van der Waals surface area contributed by atoms with Gasteiger partial charge in [0.1, 0.15) is 19.8 Å². The van der Waals surface area contributed by atoms with Gasteiger partial charge in [0.15, 0.2) is 6.10 Å². The maximum atomic E-state index is 12.8. The predicted octanol–water partition coefficient (Wildman–Crippen LogP) is 20.8. The van der Waals surface area contributed by atoms with Crippen molar-refractivity contribution in [3.05, 3.63) is 60.8 Å². The lowest BCUT2D eigenvalue weighted by Crippen LogP contribution is -2.37. The van der Waals surface area contributed by atoms with E-state index in [9.17, 15) is 19.0 Å². The Bertz CT molecular complexity index is 1520. The lowest BCUT2D eigenvalue weighted by Gasteiger charge is -2.28. The summed E-state index contributed by atoms with van der Waals surface area (Å²) < 4.78 is 34.2. The number of quaternary nitrogens is 1. The summed E-state index contributed by atoms with van der Waals surface area (Å²) in [7, 11) is 1.17. The molecule has 2 atom stereocenters. The molecule has 0 aromatic heterocycles. The number of esters is 2. The van der Waals surface area contributed by atoms with E-state index >= 15 is 0 Å². The van der Waals surface area contributed by atoms with Gasteiger partial charge in [-0.15, -0.1) is 0 Å². The van der Waals surface area contributed by atoms with Crippen molar-refractivity contribution >= 4 is 19.8 Å². The first-order valence-corrected chi connectivity index (χ1v) is 35.0. The zero-order valence-electron chi connectivity index (χ0n) is 52.6.